The molecule has 0 saturated heterocycles. The second-order valence-corrected chi connectivity index (χ2v) is 8.00. The monoisotopic (exact) mass is 391 g/mol. The molecule has 1 amide bonds. The molecule has 0 aliphatic heterocycles. The van der Waals surface area contributed by atoms with E-state index in [0.29, 0.717) is 12.2 Å². The number of carbonyl (C=O) groups excluding carboxylic acids is 1. The highest BCUT2D eigenvalue weighted by Crippen LogP contribution is 2.29. The molecule has 1 aromatic heterocycles. The number of nitrogens with one attached hydrogen (secondary N) is 1. The normalized spacial score (nSPS) is 11.9. The van der Waals surface area contributed by atoms with Crippen molar-refractivity contribution in [1.82, 2.24) is 9.97 Å². The summed E-state index contributed by atoms with van der Waals surface area (Å²) in [5.74, 6) is 0.705. The maximum atomic E-state index is 12.9. The highest BCUT2D eigenvalue weighted by atomic mass is 32.2. The van der Waals surface area contributed by atoms with Crippen LogP contribution < -0.4 is 5.32 Å². The van der Waals surface area contributed by atoms with E-state index in [4.69, 9.17) is 0 Å². The van der Waals surface area contributed by atoms with Gasteiger partial charge in [-0.25, -0.2) is 9.97 Å². The van der Waals surface area contributed by atoms with E-state index < -0.39 is 0 Å². The second-order valence-electron chi connectivity index (χ2n) is 6.78. The number of benzene rings is 2. The van der Waals surface area contributed by atoms with Crippen LogP contribution in [0.1, 0.15) is 30.3 Å². The van der Waals surface area contributed by atoms with Gasteiger partial charge in [-0.05, 0) is 44.4 Å². The molecular weight excluding hydrogens is 366 g/mol. The van der Waals surface area contributed by atoms with Crippen LogP contribution in [0.4, 0.5) is 5.69 Å². The number of para-hydroxylation sites is 1. The fourth-order valence-corrected chi connectivity index (χ4v) is 4.03. The number of carbonyl (C=O) groups is 1. The Morgan fingerprint density at radius 2 is 1.68 bits per heavy atom. The van der Waals surface area contributed by atoms with Crippen molar-refractivity contribution in [3.63, 3.8) is 0 Å². The van der Waals surface area contributed by atoms with Crippen LogP contribution in [0.25, 0.3) is 11.3 Å². The number of anilines is 1. The van der Waals surface area contributed by atoms with Gasteiger partial charge in [0.25, 0.3) is 0 Å². The van der Waals surface area contributed by atoms with Gasteiger partial charge in [0.2, 0.25) is 5.91 Å². The van der Waals surface area contributed by atoms with Crippen LogP contribution in [0.15, 0.2) is 59.6 Å². The Balaban J connectivity index is 1.81. The third kappa shape index (κ3) is 4.78. The van der Waals surface area contributed by atoms with Crippen LogP contribution in [0.5, 0.6) is 0 Å². The van der Waals surface area contributed by atoms with E-state index in [9.17, 15) is 4.79 Å². The Morgan fingerprint density at radius 3 is 2.32 bits per heavy atom. The Morgan fingerprint density at radius 1 is 1.00 bits per heavy atom. The van der Waals surface area contributed by atoms with E-state index in [1.54, 1.807) is 0 Å². The van der Waals surface area contributed by atoms with Gasteiger partial charge in [0, 0.05) is 11.3 Å². The summed E-state index contributed by atoms with van der Waals surface area (Å²) in [6, 6.07) is 18.0. The number of aryl methyl sites for hydroxylation is 3. The minimum absolute atomic E-state index is 0.00225. The van der Waals surface area contributed by atoms with E-state index >= 15 is 0 Å². The number of nitrogens with zero attached hydrogens (tertiary/aromatic N) is 2. The Bertz CT molecular complexity index is 953. The summed E-state index contributed by atoms with van der Waals surface area (Å²) >= 11 is 1.49. The molecule has 5 heteroatoms. The highest BCUT2D eigenvalue weighted by molar-refractivity contribution is 8.00. The predicted molar refractivity (Wildman–Crippen MR) is 117 cm³/mol. The predicted octanol–water partition coefficient (Wildman–Crippen LogP) is 5.58. The standard InChI is InChI=1S/C23H25N3OS/c1-5-20(23(27)26-22-15(2)10-9-11-16(22)3)28-21-14-19(24-17(4)25-21)18-12-7-6-8-13-18/h6-14,20H,5H2,1-4H3,(H,26,27). The number of aromatic nitrogens is 2. The minimum atomic E-state index is -0.225. The summed E-state index contributed by atoms with van der Waals surface area (Å²) in [6.07, 6.45) is 0.713. The molecule has 1 atom stereocenters. The zero-order chi connectivity index (χ0) is 20.1. The van der Waals surface area contributed by atoms with Crippen LogP contribution in [0.3, 0.4) is 0 Å². The summed E-state index contributed by atoms with van der Waals surface area (Å²) in [7, 11) is 0. The smallest absolute Gasteiger partial charge is 0.237 e. The SMILES string of the molecule is CCC(Sc1cc(-c2ccccc2)nc(C)n1)C(=O)Nc1c(C)cccc1C. The fourth-order valence-electron chi connectivity index (χ4n) is 3.04. The molecule has 0 saturated carbocycles. The number of hydrogen-bond donors (Lipinski definition) is 1. The van der Waals surface area contributed by atoms with Gasteiger partial charge in [-0.15, -0.1) is 0 Å². The van der Waals surface area contributed by atoms with Gasteiger partial charge in [-0.3, -0.25) is 4.79 Å². The van der Waals surface area contributed by atoms with Crippen LogP contribution in [0, 0.1) is 20.8 Å². The maximum absolute atomic E-state index is 12.9. The van der Waals surface area contributed by atoms with Crippen molar-refractivity contribution in [2.24, 2.45) is 0 Å². The van der Waals surface area contributed by atoms with Gasteiger partial charge in [-0.1, -0.05) is 67.2 Å². The zero-order valence-corrected chi connectivity index (χ0v) is 17.5. The molecule has 144 valence electrons. The summed E-state index contributed by atoms with van der Waals surface area (Å²) in [5.41, 5.74) is 4.95. The number of thioether (sulfide) groups is 1. The van der Waals surface area contributed by atoms with E-state index in [0.717, 1.165) is 33.1 Å². The molecule has 0 spiro atoms. The first kappa shape index (κ1) is 20.1. The van der Waals surface area contributed by atoms with E-state index in [1.165, 1.54) is 11.8 Å². The van der Waals surface area contributed by atoms with Gasteiger partial charge >= 0.3 is 0 Å². The summed E-state index contributed by atoms with van der Waals surface area (Å²) in [4.78, 5) is 22.0. The van der Waals surface area contributed by atoms with Crippen molar-refractivity contribution in [2.75, 3.05) is 5.32 Å². The van der Waals surface area contributed by atoms with Crippen molar-refractivity contribution < 1.29 is 4.79 Å². The molecule has 1 unspecified atom stereocenters. The lowest BCUT2D eigenvalue weighted by Gasteiger charge is -2.17. The van der Waals surface area contributed by atoms with E-state index in [2.05, 4.69) is 15.3 Å². The molecule has 0 fully saturated rings. The van der Waals surface area contributed by atoms with Gasteiger partial charge in [0.15, 0.2) is 0 Å². The average molecular weight is 392 g/mol. The number of hydrogen-bond acceptors (Lipinski definition) is 4. The molecule has 0 aliphatic rings. The first-order valence-electron chi connectivity index (χ1n) is 9.42. The van der Waals surface area contributed by atoms with Gasteiger partial charge in [-0.2, -0.15) is 0 Å². The summed E-state index contributed by atoms with van der Waals surface area (Å²) < 4.78 is 0. The first-order chi connectivity index (χ1) is 13.5. The minimum Gasteiger partial charge on any atom is -0.325 e. The average Bonchev–Trinajstić information content (AvgIpc) is 2.69. The topological polar surface area (TPSA) is 54.9 Å². The number of amides is 1. The quantitative estimate of drug-likeness (QED) is 0.440. The summed E-state index contributed by atoms with van der Waals surface area (Å²) in [5, 5.41) is 3.70. The molecule has 3 aromatic rings. The molecule has 3 rings (SSSR count). The lowest BCUT2D eigenvalue weighted by molar-refractivity contribution is -0.115. The third-order valence-electron chi connectivity index (χ3n) is 4.54. The molecule has 2 aromatic carbocycles. The molecule has 4 nitrogen and oxygen atoms in total. The maximum Gasteiger partial charge on any atom is 0.237 e. The van der Waals surface area contributed by atoms with Crippen molar-refractivity contribution in [3.8, 4) is 11.3 Å². The third-order valence-corrected chi connectivity index (χ3v) is 5.82. The fraction of sp³-hybridized carbons (Fsp3) is 0.261. The molecule has 1 heterocycles. The van der Waals surface area contributed by atoms with Crippen LogP contribution >= 0.6 is 11.8 Å². The van der Waals surface area contributed by atoms with Crippen molar-refractivity contribution in [2.45, 2.75) is 44.4 Å². The van der Waals surface area contributed by atoms with Crippen LogP contribution in [0.2, 0.25) is 0 Å². The molecule has 28 heavy (non-hydrogen) atoms. The van der Waals surface area contributed by atoms with E-state index in [-0.39, 0.29) is 11.2 Å². The van der Waals surface area contributed by atoms with Crippen LogP contribution in [-0.4, -0.2) is 21.1 Å². The second kappa shape index (κ2) is 9.02. The van der Waals surface area contributed by atoms with Crippen molar-refractivity contribution in [3.05, 3.63) is 71.5 Å². The highest BCUT2D eigenvalue weighted by Gasteiger charge is 2.20. The van der Waals surface area contributed by atoms with Crippen molar-refractivity contribution in [1.29, 1.82) is 0 Å². The number of rotatable bonds is 6. The first-order valence-corrected chi connectivity index (χ1v) is 10.3. The Kier molecular flexibility index (Phi) is 6.47. The lowest BCUT2D eigenvalue weighted by atomic mass is 10.1. The lowest BCUT2D eigenvalue weighted by Crippen LogP contribution is -2.25. The van der Waals surface area contributed by atoms with Gasteiger partial charge in [0.1, 0.15) is 10.9 Å². The molecule has 0 aliphatic carbocycles. The molecule has 1 N–H and O–H groups in total. The molecular formula is C23H25N3OS. The molecule has 0 bridgehead atoms. The van der Waals surface area contributed by atoms with Gasteiger partial charge in [0.05, 0.1) is 10.9 Å². The molecule has 0 radical (unpaired) electrons. The summed E-state index contributed by atoms with van der Waals surface area (Å²) in [6.45, 7) is 7.93. The largest absolute Gasteiger partial charge is 0.325 e. The van der Waals surface area contributed by atoms with Crippen molar-refractivity contribution >= 4 is 23.4 Å². The Hall–Kier alpha value is -2.66. The van der Waals surface area contributed by atoms with Gasteiger partial charge < -0.3 is 5.32 Å². The van der Waals surface area contributed by atoms with Crippen LogP contribution in [-0.2, 0) is 4.79 Å². The Labute approximate surface area is 170 Å². The zero-order valence-electron chi connectivity index (χ0n) is 16.7. The van der Waals surface area contributed by atoms with E-state index in [1.807, 2.05) is 82.3 Å².